The molecular formula is C20H23N3O3S. The van der Waals surface area contributed by atoms with E-state index in [0.29, 0.717) is 5.56 Å². The first-order valence-corrected chi connectivity index (χ1v) is 10.1. The fourth-order valence-electron chi connectivity index (χ4n) is 3.89. The van der Waals surface area contributed by atoms with Crippen LogP contribution < -0.4 is 0 Å². The number of aromatic carboxylic acids is 1. The maximum atomic E-state index is 11.6. The fraction of sp³-hybridized carbons (Fsp3) is 0.400. The Hall–Kier alpha value is -2.22. The molecule has 1 aliphatic heterocycles. The number of hydrogen-bond donors (Lipinski definition) is 2. The van der Waals surface area contributed by atoms with Gasteiger partial charge in [0.25, 0.3) is 0 Å². The van der Waals surface area contributed by atoms with Crippen molar-refractivity contribution in [1.29, 1.82) is 0 Å². The smallest absolute Gasteiger partial charge is 0.337 e. The Morgan fingerprint density at radius 2 is 2.26 bits per heavy atom. The van der Waals surface area contributed by atoms with Gasteiger partial charge < -0.3 is 14.8 Å². The Morgan fingerprint density at radius 1 is 1.41 bits per heavy atom. The minimum absolute atomic E-state index is 0.194. The van der Waals surface area contributed by atoms with Gasteiger partial charge in [-0.3, -0.25) is 4.90 Å². The number of thiazole rings is 1. The molecule has 1 aromatic carbocycles. The highest BCUT2D eigenvalue weighted by atomic mass is 32.1. The molecule has 142 valence electrons. The molecule has 6 nitrogen and oxygen atoms in total. The first-order valence-electron chi connectivity index (χ1n) is 9.26. The largest absolute Gasteiger partial charge is 0.478 e. The highest BCUT2D eigenvalue weighted by Gasteiger charge is 2.24. The van der Waals surface area contributed by atoms with Gasteiger partial charge in [-0.1, -0.05) is 0 Å². The number of hydrogen-bond acceptors (Lipinski definition) is 5. The number of rotatable bonds is 6. The van der Waals surface area contributed by atoms with Crippen molar-refractivity contribution in [2.75, 3.05) is 13.2 Å². The molecule has 3 aromatic rings. The van der Waals surface area contributed by atoms with Crippen molar-refractivity contribution in [2.45, 2.75) is 38.9 Å². The van der Waals surface area contributed by atoms with Gasteiger partial charge in [0.05, 0.1) is 17.9 Å². The van der Waals surface area contributed by atoms with E-state index >= 15 is 0 Å². The number of carboxylic acids is 1. The zero-order valence-electron chi connectivity index (χ0n) is 15.3. The Morgan fingerprint density at radius 3 is 3.00 bits per heavy atom. The van der Waals surface area contributed by atoms with Crippen LogP contribution in [0.4, 0.5) is 0 Å². The third kappa shape index (κ3) is 3.38. The van der Waals surface area contributed by atoms with Gasteiger partial charge in [-0.25, -0.2) is 9.78 Å². The summed E-state index contributed by atoms with van der Waals surface area (Å²) in [7, 11) is 0. The van der Waals surface area contributed by atoms with E-state index in [2.05, 4.69) is 10.3 Å². The number of aryl methyl sites for hydroxylation is 1. The second kappa shape index (κ2) is 7.42. The van der Waals surface area contributed by atoms with Crippen LogP contribution in [0.2, 0.25) is 0 Å². The van der Waals surface area contributed by atoms with E-state index in [4.69, 9.17) is 4.98 Å². The van der Waals surface area contributed by atoms with Crippen molar-refractivity contribution in [3.8, 4) is 10.6 Å². The molecular weight excluding hydrogens is 362 g/mol. The number of fused-ring (bicyclic) bond motifs is 1. The number of carboxylic acid groups (broad SMARTS) is 1. The van der Waals surface area contributed by atoms with E-state index in [1.54, 1.807) is 17.5 Å². The van der Waals surface area contributed by atoms with Crippen LogP contribution in [0.3, 0.4) is 0 Å². The molecule has 2 aromatic heterocycles. The molecule has 1 saturated heterocycles. The van der Waals surface area contributed by atoms with Crippen molar-refractivity contribution >= 4 is 28.2 Å². The highest BCUT2D eigenvalue weighted by Crippen LogP contribution is 2.31. The van der Waals surface area contributed by atoms with Crippen molar-refractivity contribution in [3.63, 3.8) is 0 Å². The zero-order chi connectivity index (χ0) is 19.0. The number of aliphatic hydroxyl groups is 1. The maximum absolute atomic E-state index is 11.6. The van der Waals surface area contributed by atoms with E-state index in [1.165, 1.54) is 0 Å². The summed E-state index contributed by atoms with van der Waals surface area (Å²) in [6.45, 7) is 4.67. The summed E-state index contributed by atoms with van der Waals surface area (Å²) in [5.41, 5.74) is 3.20. The third-order valence-electron chi connectivity index (χ3n) is 5.33. The molecule has 1 fully saturated rings. The van der Waals surface area contributed by atoms with Crippen LogP contribution in [0.15, 0.2) is 29.8 Å². The number of carbonyl (C=O) groups is 1. The predicted molar refractivity (Wildman–Crippen MR) is 106 cm³/mol. The lowest BCUT2D eigenvalue weighted by Gasteiger charge is -2.21. The van der Waals surface area contributed by atoms with Crippen LogP contribution in [-0.4, -0.2) is 49.8 Å². The molecule has 0 bridgehead atoms. The highest BCUT2D eigenvalue weighted by molar-refractivity contribution is 7.13. The molecule has 7 heteroatoms. The number of nitrogens with zero attached hydrogens (tertiary/aromatic N) is 3. The van der Waals surface area contributed by atoms with Crippen molar-refractivity contribution < 1.29 is 15.0 Å². The number of benzene rings is 1. The predicted octanol–water partition coefficient (Wildman–Crippen LogP) is 3.44. The van der Waals surface area contributed by atoms with E-state index in [1.807, 2.05) is 29.7 Å². The molecule has 0 radical (unpaired) electrons. The standard InChI is InChI=1S/C20H23N3O3S/c1-2-22-10-17(20(25)26)16-8-13(5-6-18(16)22)19-21-14(12-27-19)9-23-7-3-4-15(23)11-24/h5-6,8,10,12,15,24H,2-4,7,9,11H2,1H3,(H,25,26)/t15-/m0/s1. The summed E-state index contributed by atoms with van der Waals surface area (Å²) in [5, 5.41) is 22.7. The molecule has 4 rings (SSSR count). The summed E-state index contributed by atoms with van der Waals surface area (Å²) in [6.07, 6.45) is 3.86. The average molecular weight is 385 g/mol. The van der Waals surface area contributed by atoms with Crippen LogP contribution in [0, 0.1) is 0 Å². The molecule has 0 unspecified atom stereocenters. The zero-order valence-corrected chi connectivity index (χ0v) is 16.1. The van der Waals surface area contributed by atoms with Crippen LogP contribution in [0.25, 0.3) is 21.5 Å². The SMILES string of the molecule is CCn1cc(C(=O)O)c2cc(-c3nc(CN4CCC[C@H]4CO)cs3)ccc21. The van der Waals surface area contributed by atoms with Gasteiger partial charge in [-0.15, -0.1) is 11.3 Å². The van der Waals surface area contributed by atoms with Gasteiger partial charge in [0.15, 0.2) is 0 Å². The number of likely N-dealkylation sites (tertiary alicyclic amines) is 1. The molecule has 1 atom stereocenters. The van der Waals surface area contributed by atoms with Crippen molar-refractivity contribution in [3.05, 3.63) is 41.0 Å². The van der Waals surface area contributed by atoms with Gasteiger partial charge in [0, 0.05) is 47.2 Å². The lowest BCUT2D eigenvalue weighted by atomic mass is 10.1. The minimum Gasteiger partial charge on any atom is -0.478 e. The third-order valence-corrected chi connectivity index (χ3v) is 6.27. The molecule has 0 saturated carbocycles. The molecule has 2 N–H and O–H groups in total. The van der Waals surface area contributed by atoms with Gasteiger partial charge in [0.1, 0.15) is 5.01 Å². The summed E-state index contributed by atoms with van der Waals surface area (Å²) in [4.78, 5) is 18.6. The quantitative estimate of drug-likeness (QED) is 0.680. The Labute approximate surface area is 161 Å². The molecule has 0 aliphatic carbocycles. The van der Waals surface area contributed by atoms with Gasteiger partial charge in [0.2, 0.25) is 0 Å². The Balaban J connectivity index is 1.64. The molecule has 3 heterocycles. The molecule has 0 spiro atoms. The van der Waals surface area contributed by atoms with Gasteiger partial charge in [-0.2, -0.15) is 0 Å². The lowest BCUT2D eigenvalue weighted by Crippen LogP contribution is -2.31. The fourth-order valence-corrected chi connectivity index (χ4v) is 4.70. The van der Waals surface area contributed by atoms with Gasteiger partial charge in [-0.05, 0) is 44.5 Å². The number of aromatic nitrogens is 2. The summed E-state index contributed by atoms with van der Waals surface area (Å²) < 4.78 is 1.96. The maximum Gasteiger partial charge on any atom is 0.337 e. The summed E-state index contributed by atoms with van der Waals surface area (Å²) in [6, 6.07) is 6.15. The van der Waals surface area contributed by atoms with E-state index < -0.39 is 5.97 Å². The molecule has 27 heavy (non-hydrogen) atoms. The Kier molecular flexibility index (Phi) is 4.99. The Bertz CT molecular complexity index is 978. The first kappa shape index (κ1) is 18.2. The summed E-state index contributed by atoms with van der Waals surface area (Å²) in [5.74, 6) is -0.909. The van der Waals surface area contributed by atoms with Gasteiger partial charge >= 0.3 is 5.97 Å². The van der Waals surface area contributed by atoms with Crippen LogP contribution in [0.1, 0.15) is 35.8 Å². The van der Waals surface area contributed by atoms with Crippen LogP contribution in [0.5, 0.6) is 0 Å². The second-order valence-corrected chi connectivity index (χ2v) is 7.82. The van der Waals surface area contributed by atoms with Crippen molar-refractivity contribution in [2.24, 2.45) is 0 Å². The van der Waals surface area contributed by atoms with Crippen LogP contribution >= 0.6 is 11.3 Å². The topological polar surface area (TPSA) is 78.6 Å². The lowest BCUT2D eigenvalue weighted by molar-refractivity contribution is 0.0699. The minimum atomic E-state index is -0.909. The second-order valence-electron chi connectivity index (χ2n) is 6.96. The normalized spacial score (nSPS) is 17.8. The van der Waals surface area contributed by atoms with Crippen LogP contribution in [-0.2, 0) is 13.1 Å². The average Bonchev–Trinajstić information content (AvgIpc) is 3.39. The van der Waals surface area contributed by atoms with E-state index in [9.17, 15) is 15.0 Å². The van der Waals surface area contributed by atoms with E-state index in [-0.39, 0.29) is 12.6 Å². The molecule has 0 amide bonds. The van der Waals surface area contributed by atoms with Crippen molar-refractivity contribution in [1.82, 2.24) is 14.5 Å². The summed E-state index contributed by atoms with van der Waals surface area (Å²) >= 11 is 1.58. The first-order chi connectivity index (χ1) is 13.1. The van der Waals surface area contributed by atoms with E-state index in [0.717, 1.165) is 59.6 Å². The number of aliphatic hydroxyl groups excluding tert-OH is 1. The molecule has 1 aliphatic rings. The monoisotopic (exact) mass is 385 g/mol.